The fourth-order valence-corrected chi connectivity index (χ4v) is 5.01. The maximum absolute atomic E-state index is 12.4. The van der Waals surface area contributed by atoms with Crippen molar-refractivity contribution in [1.29, 1.82) is 0 Å². The molecule has 7 nitrogen and oxygen atoms in total. The standard InChI is InChI=1S/C16H16N2O5S2/c1-24-9-7-25-15-10(14(21)18(15)11(9)16(22)23)17-13(20)12(19)8-5-3-2-4-6-8/h2-6,10,12,15,19H,7H2,1H3,(H,17,20)(H,22,23)/t10-,12?,15+/m1/s1. The van der Waals surface area contributed by atoms with Crippen LogP contribution in [-0.4, -0.2) is 56.3 Å². The Hall–Kier alpha value is -1.97. The van der Waals surface area contributed by atoms with Gasteiger partial charge in [-0.2, -0.15) is 0 Å². The molecule has 132 valence electrons. The zero-order valence-electron chi connectivity index (χ0n) is 13.2. The molecule has 0 saturated carbocycles. The number of carboxylic acids is 1. The maximum atomic E-state index is 12.4. The number of hydrogen-bond donors (Lipinski definition) is 3. The van der Waals surface area contributed by atoms with Crippen molar-refractivity contribution < 1.29 is 24.6 Å². The van der Waals surface area contributed by atoms with E-state index in [1.807, 2.05) is 0 Å². The lowest BCUT2D eigenvalue weighted by Gasteiger charge is -2.49. The van der Waals surface area contributed by atoms with Crippen LogP contribution in [0.3, 0.4) is 0 Å². The van der Waals surface area contributed by atoms with Crippen LogP contribution in [-0.2, 0) is 14.4 Å². The summed E-state index contributed by atoms with van der Waals surface area (Å²) in [5.74, 6) is -1.85. The van der Waals surface area contributed by atoms with Gasteiger partial charge in [-0.25, -0.2) is 4.79 Å². The average molecular weight is 380 g/mol. The average Bonchev–Trinajstić information content (AvgIpc) is 2.64. The van der Waals surface area contributed by atoms with Crippen molar-refractivity contribution in [3.63, 3.8) is 0 Å². The quantitative estimate of drug-likeness (QED) is 0.648. The summed E-state index contributed by atoms with van der Waals surface area (Å²) in [6, 6.07) is 7.56. The second kappa shape index (κ2) is 7.11. The molecular weight excluding hydrogens is 364 g/mol. The number of hydrogen-bond acceptors (Lipinski definition) is 6. The molecule has 0 bridgehead atoms. The molecule has 2 aliphatic rings. The molecule has 1 fully saturated rings. The van der Waals surface area contributed by atoms with E-state index in [0.717, 1.165) is 0 Å². The van der Waals surface area contributed by atoms with Crippen LogP contribution in [0.5, 0.6) is 0 Å². The number of fused-ring (bicyclic) bond motifs is 1. The van der Waals surface area contributed by atoms with Gasteiger partial charge < -0.3 is 15.5 Å². The topological polar surface area (TPSA) is 107 Å². The molecule has 3 atom stereocenters. The number of aliphatic hydroxyl groups is 1. The van der Waals surface area contributed by atoms with Gasteiger partial charge in [-0.05, 0) is 11.8 Å². The minimum Gasteiger partial charge on any atom is -0.477 e. The third-order valence-corrected chi connectivity index (χ3v) is 6.34. The van der Waals surface area contributed by atoms with Crippen molar-refractivity contribution in [2.24, 2.45) is 0 Å². The molecule has 1 unspecified atom stereocenters. The number of β-lactam (4-membered cyclic amide) rings is 1. The van der Waals surface area contributed by atoms with E-state index in [9.17, 15) is 24.6 Å². The number of aliphatic hydroxyl groups excluding tert-OH is 1. The number of benzene rings is 1. The summed E-state index contributed by atoms with van der Waals surface area (Å²) < 4.78 is 0. The van der Waals surface area contributed by atoms with E-state index in [2.05, 4.69) is 5.32 Å². The van der Waals surface area contributed by atoms with E-state index in [4.69, 9.17) is 0 Å². The van der Waals surface area contributed by atoms with Crippen molar-refractivity contribution in [2.75, 3.05) is 12.0 Å². The molecule has 1 aromatic rings. The molecule has 0 aromatic heterocycles. The number of nitrogens with one attached hydrogen (secondary N) is 1. The lowest BCUT2D eigenvalue weighted by molar-refractivity contribution is -0.151. The Morgan fingerprint density at radius 2 is 2.04 bits per heavy atom. The van der Waals surface area contributed by atoms with Gasteiger partial charge in [0.2, 0.25) is 0 Å². The third-order valence-electron chi connectivity index (χ3n) is 4.04. The molecular formula is C16H16N2O5S2. The molecule has 3 rings (SSSR count). The summed E-state index contributed by atoms with van der Waals surface area (Å²) in [6.07, 6.45) is 0.381. The fraction of sp³-hybridized carbons (Fsp3) is 0.312. The molecule has 0 aliphatic carbocycles. The number of carbonyl (C=O) groups excluding carboxylic acids is 2. The highest BCUT2D eigenvalue weighted by Crippen LogP contribution is 2.42. The Bertz CT molecular complexity index is 752. The first-order valence-corrected chi connectivity index (χ1v) is 9.71. The Balaban J connectivity index is 1.73. The van der Waals surface area contributed by atoms with Gasteiger partial charge in [-0.15, -0.1) is 23.5 Å². The van der Waals surface area contributed by atoms with Crippen LogP contribution in [0, 0.1) is 0 Å². The van der Waals surface area contributed by atoms with E-state index in [1.54, 1.807) is 36.6 Å². The first kappa shape index (κ1) is 17.8. The first-order valence-electron chi connectivity index (χ1n) is 7.44. The van der Waals surface area contributed by atoms with Crippen LogP contribution >= 0.6 is 23.5 Å². The van der Waals surface area contributed by atoms with Crippen LogP contribution in [0.4, 0.5) is 0 Å². The lowest BCUT2D eigenvalue weighted by Crippen LogP contribution is -2.70. The van der Waals surface area contributed by atoms with Gasteiger partial charge in [0, 0.05) is 10.7 Å². The molecule has 2 aliphatic heterocycles. The third kappa shape index (κ3) is 3.14. The minimum absolute atomic E-state index is 0.0182. The normalized spacial score (nSPS) is 23.6. The van der Waals surface area contributed by atoms with Crippen LogP contribution in [0.15, 0.2) is 40.9 Å². The summed E-state index contributed by atoms with van der Waals surface area (Å²) in [5, 5.41) is 21.6. The second-order valence-electron chi connectivity index (χ2n) is 5.49. The molecule has 2 heterocycles. The van der Waals surface area contributed by atoms with Gasteiger partial charge in [0.1, 0.15) is 17.1 Å². The van der Waals surface area contributed by atoms with Crippen LogP contribution in [0.1, 0.15) is 11.7 Å². The number of amides is 2. The van der Waals surface area contributed by atoms with E-state index in [1.165, 1.54) is 28.4 Å². The Morgan fingerprint density at radius 3 is 2.64 bits per heavy atom. The maximum Gasteiger partial charge on any atom is 0.353 e. The van der Waals surface area contributed by atoms with E-state index >= 15 is 0 Å². The van der Waals surface area contributed by atoms with Crippen LogP contribution in [0.25, 0.3) is 0 Å². The highest BCUT2D eigenvalue weighted by Gasteiger charge is 2.54. The number of carboxylic acid groups (broad SMARTS) is 1. The number of rotatable bonds is 5. The molecule has 0 radical (unpaired) electrons. The van der Waals surface area contributed by atoms with Crippen molar-refractivity contribution in [2.45, 2.75) is 17.5 Å². The Kier molecular flexibility index (Phi) is 5.07. The molecule has 1 aromatic carbocycles. The van der Waals surface area contributed by atoms with Crippen molar-refractivity contribution in [1.82, 2.24) is 10.2 Å². The highest BCUT2D eigenvalue weighted by molar-refractivity contribution is 8.05. The summed E-state index contributed by atoms with van der Waals surface area (Å²) in [5.41, 5.74) is 0.408. The number of aliphatic carboxylic acids is 1. The van der Waals surface area contributed by atoms with Gasteiger partial charge in [-0.1, -0.05) is 30.3 Å². The SMILES string of the molecule is CSC1=C(C(=O)O)N2C(=O)[C@@H](NC(=O)C(O)c3ccccc3)[C@@H]2SC1. The monoisotopic (exact) mass is 380 g/mol. The molecule has 9 heteroatoms. The number of thioether (sulfide) groups is 2. The van der Waals surface area contributed by atoms with E-state index < -0.39 is 35.3 Å². The lowest BCUT2D eigenvalue weighted by atomic mass is 10.0. The molecule has 1 saturated heterocycles. The molecule has 3 N–H and O–H groups in total. The van der Waals surface area contributed by atoms with Crippen LogP contribution < -0.4 is 5.32 Å². The van der Waals surface area contributed by atoms with Gasteiger partial charge in [-0.3, -0.25) is 14.5 Å². The van der Waals surface area contributed by atoms with Gasteiger partial charge in [0.25, 0.3) is 11.8 Å². The van der Waals surface area contributed by atoms with Crippen LogP contribution in [0.2, 0.25) is 0 Å². The second-order valence-corrected chi connectivity index (χ2v) is 7.50. The van der Waals surface area contributed by atoms with Crippen molar-refractivity contribution in [3.05, 3.63) is 46.5 Å². The summed E-state index contributed by atoms with van der Waals surface area (Å²) >= 11 is 2.69. The smallest absolute Gasteiger partial charge is 0.353 e. The summed E-state index contributed by atoms with van der Waals surface area (Å²) in [4.78, 5) is 37.9. The summed E-state index contributed by atoms with van der Waals surface area (Å²) in [6.45, 7) is 0. The summed E-state index contributed by atoms with van der Waals surface area (Å²) in [7, 11) is 0. The molecule has 25 heavy (non-hydrogen) atoms. The zero-order chi connectivity index (χ0) is 18.1. The van der Waals surface area contributed by atoms with Gasteiger partial charge in [0.15, 0.2) is 6.10 Å². The predicted octanol–water partition coefficient (Wildman–Crippen LogP) is 0.779. The van der Waals surface area contributed by atoms with Crippen molar-refractivity contribution >= 4 is 41.3 Å². The predicted molar refractivity (Wildman–Crippen MR) is 94.6 cm³/mol. The van der Waals surface area contributed by atoms with Gasteiger partial charge in [0.05, 0.1) is 0 Å². The Labute approximate surface area is 152 Å². The molecule has 0 spiro atoms. The highest BCUT2D eigenvalue weighted by atomic mass is 32.2. The number of carbonyl (C=O) groups is 3. The van der Waals surface area contributed by atoms with E-state index in [-0.39, 0.29) is 5.70 Å². The largest absolute Gasteiger partial charge is 0.477 e. The first-order chi connectivity index (χ1) is 12.0. The molecule has 2 amide bonds. The fourth-order valence-electron chi connectivity index (χ4n) is 2.77. The zero-order valence-corrected chi connectivity index (χ0v) is 14.8. The van der Waals surface area contributed by atoms with Gasteiger partial charge >= 0.3 is 5.97 Å². The van der Waals surface area contributed by atoms with E-state index in [0.29, 0.717) is 16.2 Å². The number of nitrogens with zero attached hydrogens (tertiary/aromatic N) is 1. The van der Waals surface area contributed by atoms with Crippen molar-refractivity contribution in [3.8, 4) is 0 Å². The Morgan fingerprint density at radius 1 is 1.36 bits per heavy atom. The minimum atomic E-state index is -1.38.